The van der Waals surface area contributed by atoms with Crippen molar-refractivity contribution < 1.29 is 0 Å². The molecule has 2 aliphatic rings. The zero-order valence-electron chi connectivity index (χ0n) is 12.6. The van der Waals surface area contributed by atoms with Crippen LogP contribution in [0.2, 0.25) is 5.02 Å². The molecule has 118 valence electrons. The van der Waals surface area contributed by atoms with Crippen LogP contribution >= 0.6 is 11.6 Å². The first-order chi connectivity index (χ1) is 11.3. The van der Waals surface area contributed by atoms with Crippen molar-refractivity contribution in [2.45, 2.75) is 18.9 Å². The summed E-state index contributed by atoms with van der Waals surface area (Å²) in [5, 5.41) is 12.7. The third-order valence-electron chi connectivity index (χ3n) is 5.07. The van der Waals surface area contributed by atoms with E-state index in [2.05, 4.69) is 20.4 Å². The molecule has 3 aromatic rings. The molecule has 1 N–H and O–H groups in total. The van der Waals surface area contributed by atoms with E-state index < -0.39 is 0 Å². The number of benzene rings is 1. The molecule has 0 aliphatic carbocycles. The lowest BCUT2D eigenvalue weighted by Crippen LogP contribution is -2.40. The Hall–Kier alpha value is -1.92. The van der Waals surface area contributed by atoms with Crippen molar-refractivity contribution in [3.63, 3.8) is 0 Å². The highest BCUT2D eigenvalue weighted by atomic mass is 35.5. The quantitative estimate of drug-likeness (QED) is 0.741. The van der Waals surface area contributed by atoms with E-state index in [1.807, 2.05) is 22.6 Å². The number of aromatic nitrogens is 4. The SMILES string of the molecule is Clc1ccc2nc(N3CC4CCCNC4C3)c3nncn3c2c1. The molecule has 2 unspecified atom stereocenters. The second kappa shape index (κ2) is 5.04. The number of fused-ring (bicyclic) bond motifs is 4. The minimum atomic E-state index is 0.564. The van der Waals surface area contributed by atoms with Crippen LogP contribution in [0.1, 0.15) is 12.8 Å². The van der Waals surface area contributed by atoms with E-state index in [9.17, 15) is 0 Å². The topological polar surface area (TPSA) is 58.4 Å². The van der Waals surface area contributed by atoms with Crippen molar-refractivity contribution in [2.75, 3.05) is 24.5 Å². The summed E-state index contributed by atoms with van der Waals surface area (Å²) in [4.78, 5) is 7.23. The smallest absolute Gasteiger partial charge is 0.204 e. The molecule has 1 aromatic carbocycles. The summed E-state index contributed by atoms with van der Waals surface area (Å²) in [6.07, 6.45) is 4.29. The molecule has 2 atom stereocenters. The van der Waals surface area contributed by atoms with Gasteiger partial charge in [0.2, 0.25) is 5.65 Å². The Kier molecular flexibility index (Phi) is 2.96. The van der Waals surface area contributed by atoms with E-state index in [1.54, 1.807) is 6.33 Å². The van der Waals surface area contributed by atoms with Gasteiger partial charge in [0, 0.05) is 24.2 Å². The fourth-order valence-electron chi connectivity index (χ4n) is 3.94. The number of piperidine rings is 1. The van der Waals surface area contributed by atoms with Gasteiger partial charge in [-0.1, -0.05) is 11.6 Å². The van der Waals surface area contributed by atoms with Gasteiger partial charge in [-0.2, -0.15) is 0 Å². The molecule has 7 heteroatoms. The van der Waals surface area contributed by atoms with Crippen LogP contribution in [0.5, 0.6) is 0 Å². The van der Waals surface area contributed by atoms with Crippen LogP contribution < -0.4 is 10.2 Å². The van der Waals surface area contributed by atoms with Crippen LogP contribution in [0, 0.1) is 5.92 Å². The second-order valence-electron chi connectivity index (χ2n) is 6.46. The molecule has 6 nitrogen and oxygen atoms in total. The van der Waals surface area contributed by atoms with Gasteiger partial charge in [-0.15, -0.1) is 10.2 Å². The van der Waals surface area contributed by atoms with Crippen molar-refractivity contribution >= 4 is 34.1 Å². The molecule has 2 aromatic heterocycles. The number of halogens is 1. The Bertz CT molecular complexity index is 877. The summed E-state index contributed by atoms with van der Waals surface area (Å²) in [7, 11) is 0. The molecular weight excluding hydrogens is 312 g/mol. The van der Waals surface area contributed by atoms with Gasteiger partial charge in [0.05, 0.1) is 11.0 Å². The first-order valence-electron chi connectivity index (χ1n) is 8.07. The average molecular weight is 329 g/mol. The van der Waals surface area contributed by atoms with Crippen molar-refractivity contribution in [2.24, 2.45) is 5.92 Å². The van der Waals surface area contributed by atoms with Gasteiger partial charge in [-0.25, -0.2) is 4.98 Å². The van der Waals surface area contributed by atoms with E-state index >= 15 is 0 Å². The summed E-state index contributed by atoms with van der Waals surface area (Å²) >= 11 is 6.14. The fraction of sp³-hybridized carbons (Fsp3) is 0.438. The van der Waals surface area contributed by atoms with Gasteiger partial charge in [0.25, 0.3) is 0 Å². The highest BCUT2D eigenvalue weighted by Crippen LogP contribution is 2.31. The summed E-state index contributed by atoms with van der Waals surface area (Å²) in [5.41, 5.74) is 2.66. The van der Waals surface area contributed by atoms with Crippen molar-refractivity contribution in [1.29, 1.82) is 0 Å². The maximum Gasteiger partial charge on any atom is 0.204 e. The molecule has 4 heterocycles. The molecule has 0 bridgehead atoms. The zero-order valence-corrected chi connectivity index (χ0v) is 13.4. The molecule has 0 spiro atoms. The summed E-state index contributed by atoms with van der Waals surface area (Å²) in [6, 6.07) is 6.31. The largest absolute Gasteiger partial charge is 0.352 e. The van der Waals surface area contributed by atoms with Crippen molar-refractivity contribution in [1.82, 2.24) is 24.9 Å². The number of hydrogen-bond donors (Lipinski definition) is 1. The average Bonchev–Trinajstić information content (AvgIpc) is 3.21. The van der Waals surface area contributed by atoms with Crippen LogP contribution in [0.4, 0.5) is 5.82 Å². The van der Waals surface area contributed by atoms with E-state index in [0.29, 0.717) is 17.0 Å². The van der Waals surface area contributed by atoms with Crippen LogP contribution in [0.15, 0.2) is 24.5 Å². The molecule has 2 aliphatic heterocycles. The molecular formula is C16H17ClN6. The van der Waals surface area contributed by atoms with E-state index in [1.165, 1.54) is 12.8 Å². The highest BCUT2D eigenvalue weighted by molar-refractivity contribution is 6.31. The third-order valence-corrected chi connectivity index (χ3v) is 5.30. The van der Waals surface area contributed by atoms with Crippen LogP contribution in [0.3, 0.4) is 0 Å². The molecule has 23 heavy (non-hydrogen) atoms. The minimum Gasteiger partial charge on any atom is -0.352 e. The number of anilines is 1. The Morgan fingerprint density at radius 1 is 1.26 bits per heavy atom. The van der Waals surface area contributed by atoms with Crippen molar-refractivity contribution in [3.8, 4) is 0 Å². The number of nitrogens with one attached hydrogen (secondary N) is 1. The lowest BCUT2D eigenvalue weighted by atomic mass is 9.94. The molecule has 2 fully saturated rings. The fourth-order valence-corrected chi connectivity index (χ4v) is 4.11. The first kappa shape index (κ1) is 13.5. The second-order valence-corrected chi connectivity index (χ2v) is 6.90. The zero-order chi connectivity index (χ0) is 15.4. The lowest BCUT2D eigenvalue weighted by Gasteiger charge is -2.24. The Balaban J connectivity index is 1.65. The van der Waals surface area contributed by atoms with Gasteiger partial charge in [0.1, 0.15) is 6.33 Å². The molecule has 0 saturated carbocycles. The minimum absolute atomic E-state index is 0.564. The number of rotatable bonds is 1. The van der Waals surface area contributed by atoms with Gasteiger partial charge in [0.15, 0.2) is 5.82 Å². The normalized spacial score (nSPS) is 24.5. The van der Waals surface area contributed by atoms with Crippen molar-refractivity contribution in [3.05, 3.63) is 29.5 Å². The third kappa shape index (κ3) is 2.09. The summed E-state index contributed by atoms with van der Waals surface area (Å²) in [5.74, 6) is 1.63. The summed E-state index contributed by atoms with van der Waals surface area (Å²) < 4.78 is 1.99. The molecule has 2 saturated heterocycles. The maximum absolute atomic E-state index is 6.14. The van der Waals surface area contributed by atoms with Gasteiger partial charge < -0.3 is 10.2 Å². The standard InChI is InChI=1S/C16H17ClN6/c17-11-3-4-12-14(6-11)23-9-19-21-16(23)15(20-12)22-7-10-2-1-5-18-13(10)8-22/h3-4,6,9-10,13,18H,1-2,5,7-8H2. The van der Waals surface area contributed by atoms with Gasteiger partial charge >= 0.3 is 0 Å². The summed E-state index contributed by atoms with van der Waals surface area (Å²) in [6.45, 7) is 3.14. The maximum atomic E-state index is 6.14. The van der Waals surface area contributed by atoms with E-state index in [4.69, 9.17) is 16.6 Å². The Morgan fingerprint density at radius 2 is 2.22 bits per heavy atom. The molecule has 0 amide bonds. The van der Waals surface area contributed by atoms with Crippen LogP contribution in [-0.2, 0) is 0 Å². The molecule has 5 rings (SSSR count). The van der Waals surface area contributed by atoms with E-state index in [-0.39, 0.29) is 0 Å². The predicted molar refractivity (Wildman–Crippen MR) is 90.0 cm³/mol. The highest BCUT2D eigenvalue weighted by Gasteiger charge is 2.36. The van der Waals surface area contributed by atoms with Gasteiger partial charge in [-0.3, -0.25) is 4.40 Å². The van der Waals surface area contributed by atoms with E-state index in [0.717, 1.165) is 42.1 Å². The lowest BCUT2D eigenvalue weighted by molar-refractivity contribution is 0.340. The van der Waals surface area contributed by atoms with Gasteiger partial charge in [-0.05, 0) is 43.5 Å². The first-order valence-corrected chi connectivity index (χ1v) is 8.45. The van der Waals surface area contributed by atoms with Crippen LogP contribution in [0.25, 0.3) is 16.7 Å². The monoisotopic (exact) mass is 328 g/mol. The Morgan fingerprint density at radius 3 is 3.13 bits per heavy atom. The van der Waals surface area contributed by atoms with Crippen LogP contribution in [-0.4, -0.2) is 45.3 Å². The molecule has 0 radical (unpaired) electrons. The number of nitrogens with zero attached hydrogens (tertiary/aromatic N) is 5. The Labute approximate surface area is 138 Å². The number of hydrogen-bond acceptors (Lipinski definition) is 5. The predicted octanol–water partition coefficient (Wildman–Crippen LogP) is 2.12.